The fourth-order valence-corrected chi connectivity index (χ4v) is 3.93. The topological polar surface area (TPSA) is 42.0 Å². The molecule has 3 nitrogen and oxygen atoms in total. The number of nitrogens with one attached hydrogen (secondary N) is 1. The number of rotatable bonds is 6. The zero-order valence-electron chi connectivity index (χ0n) is 16.5. The lowest BCUT2D eigenvalue weighted by Gasteiger charge is -2.28. The van der Waals surface area contributed by atoms with E-state index in [4.69, 9.17) is 0 Å². The zero-order valence-corrected chi connectivity index (χ0v) is 16.5. The predicted octanol–water partition coefficient (Wildman–Crippen LogP) is 4.79. The Bertz CT molecular complexity index is 974. The van der Waals surface area contributed by atoms with Gasteiger partial charge in [0, 0.05) is 48.8 Å². The van der Waals surface area contributed by atoms with Gasteiger partial charge in [-0.3, -0.25) is 9.78 Å². The molecule has 3 aromatic rings. The summed E-state index contributed by atoms with van der Waals surface area (Å²) < 4.78 is 0. The van der Waals surface area contributed by atoms with Crippen molar-refractivity contribution in [3.05, 3.63) is 100 Å². The van der Waals surface area contributed by atoms with Crippen LogP contribution in [0.15, 0.2) is 66.9 Å². The van der Waals surface area contributed by atoms with Gasteiger partial charge in [0.1, 0.15) is 0 Å². The lowest BCUT2D eigenvalue weighted by molar-refractivity contribution is 0.0977. The number of carbonyl (C=O) groups is 1. The van der Waals surface area contributed by atoms with Gasteiger partial charge in [-0.25, -0.2) is 0 Å². The van der Waals surface area contributed by atoms with Gasteiger partial charge >= 0.3 is 0 Å². The molecule has 0 saturated carbocycles. The summed E-state index contributed by atoms with van der Waals surface area (Å²) in [6.45, 7) is 6.16. The van der Waals surface area contributed by atoms with Gasteiger partial charge in [-0.15, -0.1) is 0 Å². The first-order valence-electron chi connectivity index (χ1n) is 9.94. The van der Waals surface area contributed by atoms with E-state index in [1.807, 2.05) is 19.1 Å². The highest BCUT2D eigenvalue weighted by Crippen LogP contribution is 2.33. The Morgan fingerprint density at radius 1 is 1.07 bits per heavy atom. The Kier molecular flexibility index (Phi) is 5.36. The standard InChI is InChI=1S/C25H26N2O/c1-17-5-3-4-6-23(17)24(14-25(28)21-11-12-27-18(2)13-21)20-9-7-19(8-10-20)22-15-26-16-22/h3-13,22,24,26H,14-16H2,1-2H3. The Balaban J connectivity index is 1.66. The SMILES string of the molecule is Cc1cc(C(=O)CC(c2ccc(C3CNC3)cc2)c2ccccc2C)ccn1. The quantitative estimate of drug-likeness (QED) is 0.634. The normalized spacial score (nSPS) is 15.1. The number of Topliss-reactive ketones (excluding diaryl/α,β-unsaturated/α-hetero) is 1. The van der Waals surface area contributed by atoms with Crippen molar-refractivity contribution in [3.63, 3.8) is 0 Å². The van der Waals surface area contributed by atoms with E-state index < -0.39 is 0 Å². The van der Waals surface area contributed by atoms with E-state index in [1.165, 1.54) is 22.3 Å². The number of pyridine rings is 1. The molecule has 142 valence electrons. The van der Waals surface area contributed by atoms with Crippen molar-refractivity contribution in [2.45, 2.75) is 32.1 Å². The van der Waals surface area contributed by atoms with Crippen LogP contribution < -0.4 is 5.32 Å². The molecule has 0 amide bonds. The maximum atomic E-state index is 13.1. The molecule has 1 aliphatic heterocycles. The Hall–Kier alpha value is -2.78. The first kappa shape index (κ1) is 18.6. The van der Waals surface area contributed by atoms with Crippen LogP contribution in [0.4, 0.5) is 0 Å². The third-order valence-corrected chi connectivity index (χ3v) is 5.76. The summed E-state index contributed by atoms with van der Waals surface area (Å²) in [4.78, 5) is 17.3. The number of hydrogen-bond acceptors (Lipinski definition) is 3. The minimum absolute atomic E-state index is 0.0516. The minimum atomic E-state index is 0.0516. The minimum Gasteiger partial charge on any atom is -0.315 e. The number of nitrogens with zero attached hydrogens (tertiary/aromatic N) is 1. The summed E-state index contributed by atoms with van der Waals surface area (Å²) in [6.07, 6.45) is 2.17. The van der Waals surface area contributed by atoms with Crippen molar-refractivity contribution in [1.82, 2.24) is 10.3 Å². The average Bonchev–Trinajstić information content (AvgIpc) is 2.66. The molecule has 0 radical (unpaired) electrons. The molecule has 1 saturated heterocycles. The second-order valence-electron chi connectivity index (χ2n) is 7.74. The van der Waals surface area contributed by atoms with Crippen molar-refractivity contribution in [2.24, 2.45) is 0 Å². The van der Waals surface area contributed by atoms with Gasteiger partial charge in [0.2, 0.25) is 0 Å². The molecule has 1 fully saturated rings. The van der Waals surface area contributed by atoms with Crippen LogP contribution in [0.2, 0.25) is 0 Å². The second kappa shape index (κ2) is 8.07. The van der Waals surface area contributed by atoms with Crippen LogP contribution in [-0.4, -0.2) is 23.9 Å². The van der Waals surface area contributed by atoms with Crippen LogP contribution in [0, 0.1) is 13.8 Å². The maximum absolute atomic E-state index is 13.1. The first-order chi connectivity index (χ1) is 13.6. The Labute approximate surface area is 166 Å². The van der Waals surface area contributed by atoms with Crippen molar-refractivity contribution >= 4 is 5.78 Å². The highest BCUT2D eigenvalue weighted by atomic mass is 16.1. The maximum Gasteiger partial charge on any atom is 0.163 e. The van der Waals surface area contributed by atoms with E-state index in [0.29, 0.717) is 12.3 Å². The lowest BCUT2D eigenvalue weighted by Crippen LogP contribution is -2.39. The number of benzene rings is 2. The van der Waals surface area contributed by atoms with Crippen molar-refractivity contribution in [1.29, 1.82) is 0 Å². The molecule has 3 heteroatoms. The molecule has 28 heavy (non-hydrogen) atoms. The van der Waals surface area contributed by atoms with Crippen LogP contribution in [0.1, 0.15) is 56.6 Å². The summed E-state index contributed by atoms with van der Waals surface area (Å²) in [5, 5.41) is 3.33. The van der Waals surface area contributed by atoms with Gasteiger partial charge in [0.15, 0.2) is 5.78 Å². The van der Waals surface area contributed by atoms with Crippen LogP contribution in [-0.2, 0) is 0 Å². The van der Waals surface area contributed by atoms with Gasteiger partial charge in [-0.05, 0) is 48.2 Å². The van der Waals surface area contributed by atoms with Gasteiger partial charge < -0.3 is 5.32 Å². The van der Waals surface area contributed by atoms with E-state index in [2.05, 4.69) is 65.8 Å². The fourth-order valence-electron chi connectivity index (χ4n) is 3.93. The number of aromatic nitrogens is 1. The fraction of sp³-hybridized carbons (Fsp3) is 0.280. The summed E-state index contributed by atoms with van der Waals surface area (Å²) in [5.41, 5.74) is 6.63. The number of ketones is 1. The van der Waals surface area contributed by atoms with E-state index in [-0.39, 0.29) is 11.7 Å². The van der Waals surface area contributed by atoms with Crippen molar-refractivity contribution in [3.8, 4) is 0 Å². The number of hydrogen-bond donors (Lipinski definition) is 1. The van der Waals surface area contributed by atoms with Crippen molar-refractivity contribution < 1.29 is 4.79 Å². The summed E-state index contributed by atoms with van der Waals surface area (Å²) in [7, 11) is 0. The molecule has 0 aliphatic carbocycles. The second-order valence-corrected chi connectivity index (χ2v) is 7.74. The molecule has 4 rings (SSSR count). The van der Waals surface area contributed by atoms with E-state index in [0.717, 1.165) is 24.3 Å². The smallest absolute Gasteiger partial charge is 0.163 e. The summed E-state index contributed by atoms with van der Waals surface area (Å²) in [5.74, 6) is 0.828. The van der Waals surface area contributed by atoms with Crippen LogP contribution >= 0.6 is 0 Å². The van der Waals surface area contributed by atoms with Crippen LogP contribution in [0.25, 0.3) is 0 Å². The third-order valence-electron chi connectivity index (χ3n) is 5.76. The monoisotopic (exact) mass is 370 g/mol. The molecular formula is C25H26N2O. The van der Waals surface area contributed by atoms with Crippen LogP contribution in [0.3, 0.4) is 0 Å². The Morgan fingerprint density at radius 3 is 2.46 bits per heavy atom. The average molecular weight is 370 g/mol. The number of aryl methyl sites for hydroxylation is 2. The largest absolute Gasteiger partial charge is 0.315 e. The molecule has 1 aromatic heterocycles. The molecule has 0 spiro atoms. The van der Waals surface area contributed by atoms with Gasteiger partial charge in [-0.1, -0.05) is 48.5 Å². The van der Waals surface area contributed by atoms with Gasteiger partial charge in [-0.2, -0.15) is 0 Å². The molecule has 1 aliphatic rings. The van der Waals surface area contributed by atoms with Gasteiger partial charge in [0.25, 0.3) is 0 Å². The van der Waals surface area contributed by atoms with Gasteiger partial charge in [0.05, 0.1) is 0 Å². The van der Waals surface area contributed by atoms with E-state index in [9.17, 15) is 4.79 Å². The molecule has 1 unspecified atom stereocenters. The van der Waals surface area contributed by atoms with E-state index in [1.54, 1.807) is 6.20 Å². The molecule has 2 heterocycles. The molecule has 2 aromatic carbocycles. The molecule has 0 bridgehead atoms. The summed E-state index contributed by atoms with van der Waals surface area (Å²) >= 11 is 0. The molecule has 1 atom stereocenters. The third kappa shape index (κ3) is 3.90. The molecule has 1 N–H and O–H groups in total. The summed E-state index contributed by atoms with van der Waals surface area (Å²) in [6, 6.07) is 20.9. The highest BCUT2D eigenvalue weighted by Gasteiger charge is 2.23. The molecular weight excluding hydrogens is 344 g/mol. The highest BCUT2D eigenvalue weighted by molar-refractivity contribution is 5.96. The lowest BCUT2D eigenvalue weighted by atomic mass is 9.82. The van der Waals surface area contributed by atoms with E-state index >= 15 is 0 Å². The van der Waals surface area contributed by atoms with Crippen molar-refractivity contribution in [2.75, 3.05) is 13.1 Å². The van der Waals surface area contributed by atoms with Crippen LogP contribution in [0.5, 0.6) is 0 Å². The Morgan fingerprint density at radius 2 is 1.82 bits per heavy atom. The predicted molar refractivity (Wildman–Crippen MR) is 113 cm³/mol. The number of carbonyl (C=O) groups excluding carboxylic acids is 1. The first-order valence-corrected chi connectivity index (χ1v) is 9.94. The zero-order chi connectivity index (χ0) is 19.5.